The molecule has 5 nitrogen and oxygen atoms in total. The first-order valence-corrected chi connectivity index (χ1v) is 7.86. The zero-order valence-electron chi connectivity index (χ0n) is 10.6. The Balaban J connectivity index is 3.15. The number of hydrogen-bond donors (Lipinski definition) is 2. The molecule has 20 heavy (non-hydrogen) atoms. The van der Waals surface area contributed by atoms with Crippen LogP contribution in [0, 0.1) is 0 Å². The molecule has 0 fully saturated rings. The van der Waals surface area contributed by atoms with Crippen LogP contribution in [0.5, 0.6) is 0 Å². The van der Waals surface area contributed by atoms with Gasteiger partial charge in [-0.2, -0.15) is 0 Å². The molecule has 0 spiro atoms. The van der Waals surface area contributed by atoms with Gasteiger partial charge in [0.05, 0.1) is 10.6 Å². The lowest BCUT2D eigenvalue weighted by Gasteiger charge is -2.10. The molecule has 0 heterocycles. The van der Waals surface area contributed by atoms with Crippen molar-refractivity contribution >= 4 is 39.2 Å². The highest BCUT2D eigenvalue weighted by Gasteiger charge is 2.23. The van der Waals surface area contributed by atoms with E-state index in [4.69, 9.17) is 28.3 Å². The lowest BCUT2D eigenvalue weighted by atomic mass is 10.2. The Morgan fingerprint density at radius 1 is 1.40 bits per heavy atom. The summed E-state index contributed by atoms with van der Waals surface area (Å²) in [6.45, 7) is 2.00. The fourth-order valence-corrected chi connectivity index (χ4v) is 3.38. The molecule has 0 saturated heterocycles. The van der Waals surface area contributed by atoms with Gasteiger partial charge in [-0.15, -0.1) is 0 Å². The Labute approximate surface area is 127 Å². The van der Waals surface area contributed by atoms with Gasteiger partial charge in [0.2, 0.25) is 10.0 Å². The van der Waals surface area contributed by atoms with Crippen LogP contribution < -0.4 is 4.72 Å². The minimum absolute atomic E-state index is 0.0133. The van der Waals surface area contributed by atoms with E-state index in [0.717, 1.165) is 12.1 Å². The fourth-order valence-electron chi connectivity index (χ4n) is 1.44. The first-order valence-electron chi connectivity index (χ1n) is 5.62. The molecular formula is C12H13Cl2NO4S. The van der Waals surface area contributed by atoms with E-state index in [1.54, 1.807) is 12.2 Å². The van der Waals surface area contributed by atoms with Gasteiger partial charge in [0.15, 0.2) is 0 Å². The Bertz CT molecular complexity index is 641. The minimum atomic E-state index is -3.91. The van der Waals surface area contributed by atoms with Crippen molar-refractivity contribution in [2.75, 3.05) is 6.54 Å². The summed E-state index contributed by atoms with van der Waals surface area (Å²) in [5, 5.41) is 8.58. The molecule has 0 amide bonds. The van der Waals surface area contributed by atoms with E-state index < -0.39 is 16.0 Å². The normalized spacial score (nSPS) is 11.9. The lowest BCUT2D eigenvalue weighted by molar-refractivity contribution is 0.0697. The number of rotatable bonds is 6. The predicted molar refractivity (Wildman–Crippen MR) is 78.0 cm³/mol. The maximum atomic E-state index is 12.1. The van der Waals surface area contributed by atoms with E-state index in [-0.39, 0.29) is 27.0 Å². The quantitative estimate of drug-likeness (QED) is 0.617. The first-order chi connectivity index (χ1) is 9.29. The van der Waals surface area contributed by atoms with E-state index in [1.165, 1.54) is 0 Å². The summed E-state index contributed by atoms with van der Waals surface area (Å²) >= 11 is 11.6. The summed E-state index contributed by atoms with van der Waals surface area (Å²) in [6, 6.07) is 2.22. The number of carbonyl (C=O) groups is 1. The highest BCUT2D eigenvalue weighted by molar-refractivity contribution is 7.89. The zero-order valence-corrected chi connectivity index (χ0v) is 12.9. The highest BCUT2D eigenvalue weighted by atomic mass is 35.5. The Hall–Kier alpha value is -1.08. The average molecular weight is 338 g/mol. The molecule has 1 aromatic carbocycles. The molecule has 0 aliphatic carbocycles. The molecule has 0 unspecified atom stereocenters. The molecular weight excluding hydrogens is 325 g/mol. The molecule has 0 saturated carbocycles. The first kappa shape index (κ1) is 17.0. The van der Waals surface area contributed by atoms with Gasteiger partial charge in [-0.1, -0.05) is 35.4 Å². The van der Waals surface area contributed by atoms with Crippen molar-refractivity contribution in [3.8, 4) is 0 Å². The number of sulfonamides is 1. The summed E-state index contributed by atoms with van der Waals surface area (Å²) in [6.07, 6.45) is 4.10. The second-order valence-corrected chi connectivity index (χ2v) is 6.38. The maximum absolute atomic E-state index is 12.1. The third-order valence-corrected chi connectivity index (χ3v) is 4.59. The number of hydrogen-bond acceptors (Lipinski definition) is 3. The van der Waals surface area contributed by atoms with Crippen molar-refractivity contribution in [3.05, 3.63) is 39.9 Å². The molecule has 1 rings (SSSR count). The van der Waals surface area contributed by atoms with Crippen molar-refractivity contribution < 1.29 is 18.3 Å². The Morgan fingerprint density at radius 2 is 2.05 bits per heavy atom. The summed E-state index contributed by atoms with van der Waals surface area (Å²) in [5.74, 6) is -1.34. The van der Waals surface area contributed by atoms with E-state index in [1.807, 2.05) is 6.92 Å². The molecule has 1 aromatic rings. The van der Waals surface area contributed by atoms with Crippen LogP contribution in [0.1, 0.15) is 23.7 Å². The van der Waals surface area contributed by atoms with E-state index in [2.05, 4.69) is 4.72 Å². The monoisotopic (exact) mass is 337 g/mol. The third kappa shape index (κ3) is 4.21. The summed E-state index contributed by atoms with van der Waals surface area (Å²) < 4.78 is 26.5. The van der Waals surface area contributed by atoms with Gasteiger partial charge in [0.1, 0.15) is 4.90 Å². The number of halogens is 2. The number of carboxylic acid groups (broad SMARTS) is 1. The smallest absolute Gasteiger partial charge is 0.337 e. The SMILES string of the molecule is C/C=C/CCNS(=O)(=O)c1cc(Cl)cc(C(=O)O)c1Cl. The molecule has 0 aromatic heterocycles. The predicted octanol–water partition coefficient (Wildman–Crippen LogP) is 2.94. The summed E-state index contributed by atoms with van der Waals surface area (Å²) in [7, 11) is -3.91. The fraction of sp³-hybridized carbons (Fsp3) is 0.250. The van der Waals surface area contributed by atoms with Crippen molar-refractivity contribution in [1.29, 1.82) is 0 Å². The summed E-state index contributed by atoms with van der Waals surface area (Å²) in [4.78, 5) is 10.6. The topological polar surface area (TPSA) is 83.5 Å². The number of benzene rings is 1. The number of allylic oxidation sites excluding steroid dienone is 1. The summed E-state index contributed by atoms with van der Waals surface area (Å²) in [5.41, 5.74) is -0.354. The van der Waals surface area contributed by atoms with Gasteiger partial charge in [-0.3, -0.25) is 0 Å². The second-order valence-electron chi connectivity index (χ2n) is 3.83. The van der Waals surface area contributed by atoms with Crippen LogP contribution >= 0.6 is 23.2 Å². The van der Waals surface area contributed by atoms with Gasteiger partial charge >= 0.3 is 5.97 Å². The molecule has 0 bridgehead atoms. The lowest BCUT2D eigenvalue weighted by Crippen LogP contribution is -2.25. The van der Waals surface area contributed by atoms with Crippen molar-refractivity contribution in [1.82, 2.24) is 4.72 Å². The standard InChI is InChI=1S/C12H13Cl2NO4S/c1-2-3-4-5-15-20(18,19)10-7-8(13)6-9(11(10)14)12(16)17/h2-3,6-7,15H,4-5H2,1H3,(H,16,17)/b3-2+. The van der Waals surface area contributed by atoms with Crippen LogP contribution in [0.3, 0.4) is 0 Å². The van der Waals surface area contributed by atoms with Gasteiger partial charge in [-0.25, -0.2) is 17.9 Å². The molecule has 0 radical (unpaired) electrons. The van der Waals surface area contributed by atoms with Crippen LogP contribution in [0.2, 0.25) is 10.0 Å². The molecule has 0 atom stereocenters. The van der Waals surface area contributed by atoms with E-state index >= 15 is 0 Å². The average Bonchev–Trinajstić information content (AvgIpc) is 2.36. The number of aromatic carboxylic acids is 1. The molecule has 0 aliphatic heterocycles. The number of nitrogens with one attached hydrogen (secondary N) is 1. The third-order valence-electron chi connectivity index (χ3n) is 2.36. The van der Waals surface area contributed by atoms with Crippen LogP contribution in [-0.4, -0.2) is 26.0 Å². The number of carboxylic acids is 1. The van der Waals surface area contributed by atoms with E-state index in [9.17, 15) is 13.2 Å². The van der Waals surface area contributed by atoms with Crippen molar-refractivity contribution in [2.24, 2.45) is 0 Å². The van der Waals surface area contributed by atoms with Crippen molar-refractivity contribution in [3.63, 3.8) is 0 Å². The molecule has 0 aliphatic rings. The van der Waals surface area contributed by atoms with Gasteiger partial charge < -0.3 is 5.11 Å². The Morgan fingerprint density at radius 3 is 2.60 bits per heavy atom. The van der Waals surface area contributed by atoms with Gasteiger partial charge in [-0.05, 0) is 25.5 Å². The van der Waals surface area contributed by atoms with Crippen LogP contribution in [0.15, 0.2) is 29.2 Å². The van der Waals surface area contributed by atoms with Gasteiger partial charge in [0, 0.05) is 11.6 Å². The zero-order chi connectivity index (χ0) is 15.3. The molecule has 110 valence electrons. The largest absolute Gasteiger partial charge is 0.478 e. The minimum Gasteiger partial charge on any atom is -0.478 e. The highest BCUT2D eigenvalue weighted by Crippen LogP contribution is 2.29. The van der Waals surface area contributed by atoms with Crippen LogP contribution in [0.25, 0.3) is 0 Å². The van der Waals surface area contributed by atoms with Crippen molar-refractivity contribution in [2.45, 2.75) is 18.2 Å². The van der Waals surface area contributed by atoms with Gasteiger partial charge in [0.25, 0.3) is 0 Å². The maximum Gasteiger partial charge on any atom is 0.337 e. The van der Waals surface area contributed by atoms with Crippen LogP contribution in [0.4, 0.5) is 0 Å². The Kier molecular flexibility index (Phi) is 6.01. The van der Waals surface area contributed by atoms with Crippen LogP contribution in [-0.2, 0) is 10.0 Å². The second kappa shape index (κ2) is 7.08. The van der Waals surface area contributed by atoms with E-state index in [0.29, 0.717) is 6.42 Å². The molecule has 8 heteroatoms. The molecule has 2 N–H and O–H groups in total.